The largest absolute Gasteiger partial charge is 0.491 e. The van der Waals surface area contributed by atoms with E-state index in [0.29, 0.717) is 13.2 Å². The Morgan fingerprint density at radius 2 is 2.16 bits per heavy atom. The molecule has 1 aliphatic rings. The maximum Gasteiger partial charge on any atom is 0.136 e. The zero-order chi connectivity index (χ0) is 17.8. The standard InChI is InChI=1S/C19H26N4O2/c1-14-5-4-6-16(9-14)25-12-15(24)10-23-8-7-18-17(11-23)19(22(2)3)21-13-20-18/h4-6,9,13,15,24H,7-8,10-12H2,1-3H3/t15-/m0/s1. The van der Waals surface area contributed by atoms with E-state index < -0.39 is 6.10 Å². The Morgan fingerprint density at radius 3 is 2.92 bits per heavy atom. The van der Waals surface area contributed by atoms with Gasteiger partial charge in [-0.05, 0) is 24.6 Å². The molecule has 1 aliphatic heterocycles. The van der Waals surface area contributed by atoms with Gasteiger partial charge < -0.3 is 14.7 Å². The van der Waals surface area contributed by atoms with Crippen molar-refractivity contribution in [1.29, 1.82) is 0 Å². The van der Waals surface area contributed by atoms with Gasteiger partial charge in [0.05, 0.1) is 5.69 Å². The molecule has 25 heavy (non-hydrogen) atoms. The van der Waals surface area contributed by atoms with Gasteiger partial charge in [0.15, 0.2) is 0 Å². The van der Waals surface area contributed by atoms with E-state index in [4.69, 9.17) is 4.74 Å². The summed E-state index contributed by atoms with van der Waals surface area (Å²) in [6, 6.07) is 7.88. The highest BCUT2D eigenvalue weighted by Crippen LogP contribution is 2.24. The number of hydrogen-bond acceptors (Lipinski definition) is 6. The number of ether oxygens (including phenoxy) is 1. The van der Waals surface area contributed by atoms with E-state index in [-0.39, 0.29) is 0 Å². The minimum atomic E-state index is -0.533. The van der Waals surface area contributed by atoms with E-state index in [2.05, 4.69) is 14.9 Å². The minimum absolute atomic E-state index is 0.290. The molecule has 0 amide bonds. The SMILES string of the molecule is Cc1cccc(OC[C@@H](O)CN2CCc3ncnc(N(C)C)c3C2)c1. The molecule has 0 saturated carbocycles. The van der Waals surface area contributed by atoms with Gasteiger partial charge in [0, 0.05) is 45.7 Å². The first-order valence-electron chi connectivity index (χ1n) is 8.63. The number of rotatable bonds is 6. The van der Waals surface area contributed by atoms with Gasteiger partial charge in [-0.2, -0.15) is 0 Å². The van der Waals surface area contributed by atoms with Crippen LogP contribution in [0, 0.1) is 6.92 Å². The number of hydrogen-bond donors (Lipinski definition) is 1. The highest BCUT2D eigenvalue weighted by molar-refractivity contribution is 5.48. The first-order valence-corrected chi connectivity index (χ1v) is 8.63. The Morgan fingerprint density at radius 1 is 1.32 bits per heavy atom. The van der Waals surface area contributed by atoms with Gasteiger partial charge in [-0.1, -0.05) is 12.1 Å². The van der Waals surface area contributed by atoms with E-state index >= 15 is 0 Å². The van der Waals surface area contributed by atoms with Crippen molar-refractivity contribution in [3.63, 3.8) is 0 Å². The second kappa shape index (κ2) is 7.80. The van der Waals surface area contributed by atoms with Crippen LogP contribution in [-0.2, 0) is 13.0 Å². The summed E-state index contributed by atoms with van der Waals surface area (Å²) in [4.78, 5) is 13.1. The molecule has 0 unspecified atom stereocenters. The summed E-state index contributed by atoms with van der Waals surface area (Å²) in [5, 5.41) is 10.4. The van der Waals surface area contributed by atoms with E-state index in [1.807, 2.05) is 50.2 Å². The van der Waals surface area contributed by atoms with Gasteiger partial charge in [-0.15, -0.1) is 0 Å². The lowest BCUT2D eigenvalue weighted by atomic mass is 10.1. The fourth-order valence-corrected chi connectivity index (χ4v) is 3.17. The average Bonchev–Trinajstić information content (AvgIpc) is 2.59. The smallest absolute Gasteiger partial charge is 0.136 e. The van der Waals surface area contributed by atoms with Crippen LogP contribution in [-0.4, -0.2) is 59.9 Å². The van der Waals surface area contributed by atoms with Crippen molar-refractivity contribution in [2.24, 2.45) is 0 Å². The highest BCUT2D eigenvalue weighted by Gasteiger charge is 2.23. The van der Waals surface area contributed by atoms with Crippen LogP contribution >= 0.6 is 0 Å². The maximum absolute atomic E-state index is 10.4. The number of benzene rings is 1. The Hall–Kier alpha value is -2.18. The third-order valence-corrected chi connectivity index (χ3v) is 4.38. The van der Waals surface area contributed by atoms with Gasteiger partial charge in [0.25, 0.3) is 0 Å². The van der Waals surface area contributed by atoms with E-state index in [1.165, 1.54) is 0 Å². The monoisotopic (exact) mass is 342 g/mol. The Balaban J connectivity index is 1.57. The zero-order valence-electron chi connectivity index (χ0n) is 15.1. The number of aliphatic hydroxyl groups is 1. The molecular weight excluding hydrogens is 316 g/mol. The van der Waals surface area contributed by atoms with E-state index in [0.717, 1.165) is 47.9 Å². The lowest BCUT2D eigenvalue weighted by molar-refractivity contribution is 0.0635. The maximum atomic E-state index is 10.4. The van der Waals surface area contributed by atoms with Gasteiger partial charge in [0.1, 0.15) is 30.6 Å². The molecule has 6 heteroatoms. The predicted molar refractivity (Wildman–Crippen MR) is 98.0 cm³/mol. The Bertz CT molecular complexity index is 720. The predicted octanol–water partition coefficient (Wildman–Crippen LogP) is 1.65. The molecule has 134 valence electrons. The number of aryl methyl sites for hydroxylation is 1. The molecule has 0 spiro atoms. The lowest BCUT2D eigenvalue weighted by Gasteiger charge is -2.31. The summed E-state index contributed by atoms with van der Waals surface area (Å²) in [5.41, 5.74) is 3.42. The number of nitrogens with zero attached hydrogens (tertiary/aromatic N) is 4. The van der Waals surface area contributed by atoms with Crippen molar-refractivity contribution >= 4 is 5.82 Å². The second-order valence-corrected chi connectivity index (χ2v) is 6.78. The van der Waals surface area contributed by atoms with Crippen LogP contribution in [0.15, 0.2) is 30.6 Å². The molecule has 1 atom stereocenters. The van der Waals surface area contributed by atoms with Crippen LogP contribution < -0.4 is 9.64 Å². The molecule has 6 nitrogen and oxygen atoms in total. The fraction of sp³-hybridized carbons (Fsp3) is 0.474. The topological polar surface area (TPSA) is 61.7 Å². The summed E-state index contributed by atoms with van der Waals surface area (Å²) >= 11 is 0. The minimum Gasteiger partial charge on any atom is -0.491 e. The van der Waals surface area contributed by atoms with Gasteiger partial charge in [0.2, 0.25) is 0 Å². The molecule has 1 aromatic carbocycles. The summed E-state index contributed by atoms with van der Waals surface area (Å²) in [6.07, 6.45) is 1.98. The van der Waals surface area contributed by atoms with Crippen molar-refractivity contribution in [1.82, 2.24) is 14.9 Å². The van der Waals surface area contributed by atoms with Crippen LogP contribution in [0.1, 0.15) is 16.8 Å². The molecule has 0 aliphatic carbocycles. The number of β-amino-alcohol motifs (C(OH)–C–C–N with tert-alkyl or cyclic N) is 1. The summed E-state index contributed by atoms with van der Waals surface area (Å²) in [7, 11) is 3.98. The zero-order valence-corrected chi connectivity index (χ0v) is 15.1. The van der Waals surface area contributed by atoms with Crippen molar-refractivity contribution < 1.29 is 9.84 Å². The summed E-state index contributed by atoms with van der Waals surface area (Å²) in [6.45, 7) is 4.54. The van der Waals surface area contributed by atoms with Gasteiger partial charge >= 0.3 is 0 Å². The van der Waals surface area contributed by atoms with Crippen molar-refractivity contribution in [2.75, 3.05) is 38.7 Å². The van der Waals surface area contributed by atoms with Crippen LogP contribution in [0.25, 0.3) is 0 Å². The van der Waals surface area contributed by atoms with Crippen LogP contribution in [0.3, 0.4) is 0 Å². The van der Waals surface area contributed by atoms with Crippen LogP contribution in [0.2, 0.25) is 0 Å². The molecule has 3 rings (SSSR count). The molecule has 1 N–H and O–H groups in total. The quantitative estimate of drug-likeness (QED) is 0.861. The van der Waals surface area contributed by atoms with Crippen LogP contribution in [0.4, 0.5) is 5.82 Å². The summed E-state index contributed by atoms with van der Waals surface area (Å²) < 4.78 is 5.71. The Kier molecular flexibility index (Phi) is 5.50. The second-order valence-electron chi connectivity index (χ2n) is 6.78. The van der Waals surface area contributed by atoms with Gasteiger partial charge in [-0.3, -0.25) is 4.90 Å². The highest BCUT2D eigenvalue weighted by atomic mass is 16.5. The number of fused-ring (bicyclic) bond motifs is 1. The number of aliphatic hydroxyl groups excluding tert-OH is 1. The molecule has 0 radical (unpaired) electrons. The van der Waals surface area contributed by atoms with Crippen molar-refractivity contribution in [2.45, 2.75) is 26.0 Å². The van der Waals surface area contributed by atoms with E-state index in [1.54, 1.807) is 6.33 Å². The fourth-order valence-electron chi connectivity index (χ4n) is 3.17. The average molecular weight is 342 g/mol. The molecular formula is C19H26N4O2. The van der Waals surface area contributed by atoms with Crippen LogP contribution in [0.5, 0.6) is 5.75 Å². The molecule has 2 heterocycles. The number of aromatic nitrogens is 2. The van der Waals surface area contributed by atoms with E-state index in [9.17, 15) is 5.11 Å². The Labute approximate surface area is 149 Å². The third-order valence-electron chi connectivity index (χ3n) is 4.38. The van der Waals surface area contributed by atoms with Crippen molar-refractivity contribution in [3.8, 4) is 5.75 Å². The first-order chi connectivity index (χ1) is 12.0. The molecule has 2 aromatic rings. The third kappa shape index (κ3) is 4.46. The molecule has 0 saturated heterocycles. The molecule has 1 aromatic heterocycles. The van der Waals surface area contributed by atoms with Gasteiger partial charge in [-0.25, -0.2) is 9.97 Å². The normalized spacial score (nSPS) is 15.5. The lowest BCUT2D eigenvalue weighted by Crippen LogP contribution is -2.39. The molecule has 0 fully saturated rings. The number of anilines is 1. The summed E-state index contributed by atoms with van der Waals surface area (Å²) in [5.74, 6) is 1.76. The van der Waals surface area contributed by atoms with Crippen molar-refractivity contribution in [3.05, 3.63) is 47.4 Å². The molecule has 0 bridgehead atoms. The first kappa shape index (κ1) is 17.6.